The van der Waals surface area contributed by atoms with Crippen LogP contribution in [0.3, 0.4) is 0 Å². The van der Waals surface area contributed by atoms with Gasteiger partial charge in [-0.1, -0.05) is 18.2 Å². The van der Waals surface area contributed by atoms with Gasteiger partial charge in [0.1, 0.15) is 0 Å². The van der Waals surface area contributed by atoms with Gasteiger partial charge in [-0.15, -0.1) is 0 Å². The van der Waals surface area contributed by atoms with E-state index < -0.39 is 0 Å². The highest BCUT2D eigenvalue weighted by atomic mass is 16.3. The fourth-order valence-corrected chi connectivity index (χ4v) is 2.66. The quantitative estimate of drug-likeness (QED) is 0.811. The minimum absolute atomic E-state index is 0.298. The fraction of sp³-hybridized carbons (Fsp3) is 0.467. The highest BCUT2D eigenvalue weighted by Crippen LogP contribution is 2.49. The summed E-state index contributed by atoms with van der Waals surface area (Å²) in [5, 5.41) is 10.6. The first kappa shape index (κ1) is 10.8. The zero-order chi connectivity index (χ0) is 11.7. The third-order valence-corrected chi connectivity index (χ3v) is 4.12. The van der Waals surface area contributed by atoms with Gasteiger partial charge in [0.15, 0.2) is 0 Å². The Balaban J connectivity index is 1.65. The maximum absolute atomic E-state index is 9.28. The molecule has 1 fully saturated rings. The number of aromatic nitrogens is 1. The Morgan fingerprint density at radius 1 is 1.24 bits per heavy atom. The summed E-state index contributed by atoms with van der Waals surface area (Å²) in [4.78, 5) is 3.32. The largest absolute Gasteiger partial charge is 0.396 e. The number of aryl methyl sites for hydroxylation is 1. The summed E-state index contributed by atoms with van der Waals surface area (Å²) in [6, 6.07) is 8.46. The summed E-state index contributed by atoms with van der Waals surface area (Å²) in [5.41, 5.74) is 2.94. The predicted octanol–water partition coefficient (Wildman–Crippen LogP) is 3.26. The number of aliphatic hydroxyl groups is 1. The molecule has 0 atom stereocenters. The number of fused-ring (bicyclic) bond motifs is 1. The molecule has 0 aliphatic heterocycles. The summed E-state index contributed by atoms with van der Waals surface area (Å²) >= 11 is 0. The van der Waals surface area contributed by atoms with Crippen LogP contribution < -0.4 is 0 Å². The first-order valence-corrected chi connectivity index (χ1v) is 6.49. The first-order valence-electron chi connectivity index (χ1n) is 6.49. The average Bonchev–Trinajstić information content (AvgIpc) is 3.04. The van der Waals surface area contributed by atoms with Crippen LogP contribution in [0, 0.1) is 5.41 Å². The molecule has 90 valence electrons. The van der Waals surface area contributed by atoms with E-state index in [0.717, 1.165) is 6.42 Å². The lowest BCUT2D eigenvalue weighted by atomic mass is 9.98. The summed E-state index contributed by atoms with van der Waals surface area (Å²) in [7, 11) is 0. The zero-order valence-electron chi connectivity index (χ0n) is 10.1. The lowest BCUT2D eigenvalue weighted by Crippen LogP contribution is -2.06. The van der Waals surface area contributed by atoms with Gasteiger partial charge in [-0.2, -0.15) is 0 Å². The molecular formula is C15H19NO. The van der Waals surface area contributed by atoms with Gasteiger partial charge in [0.2, 0.25) is 0 Å². The van der Waals surface area contributed by atoms with Crippen LogP contribution in [0.1, 0.15) is 31.2 Å². The zero-order valence-corrected chi connectivity index (χ0v) is 10.1. The SMILES string of the molecule is OCC1(CCCc2c[nH]c3ccccc23)CC1. The van der Waals surface area contributed by atoms with Crippen molar-refractivity contribution in [1.29, 1.82) is 0 Å². The Hall–Kier alpha value is -1.28. The molecule has 0 bridgehead atoms. The topological polar surface area (TPSA) is 36.0 Å². The summed E-state index contributed by atoms with van der Waals surface area (Å²) < 4.78 is 0. The van der Waals surface area contributed by atoms with Crippen molar-refractivity contribution < 1.29 is 5.11 Å². The Morgan fingerprint density at radius 2 is 2.06 bits per heavy atom. The van der Waals surface area contributed by atoms with Crippen LogP contribution in [-0.4, -0.2) is 16.7 Å². The number of rotatable bonds is 5. The molecular weight excluding hydrogens is 210 g/mol. The molecule has 0 radical (unpaired) electrons. The molecule has 17 heavy (non-hydrogen) atoms. The number of aliphatic hydroxyl groups excluding tert-OH is 1. The molecule has 3 rings (SSSR count). The van der Waals surface area contributed by atoms with Crippen molar-refractivity contribution in [2.45, 2.75) is 32.1 Å². The second-order valence-electron chi connectivity index (χ2n) is 5.37. The molecule has 2 nitrogen and oxygen atoms in total. The third-order valence-electron chi connectivity index (χ3n) is 4.12. The average molecular weight is 229 g/mol. The first-order chi connectivity index (χ1) is 8.33. The lowest BCUT2D eigenvalue weighted by Gasteiger charge is -2.10. The smallest absolute Gasteiger partial charge is 0.0487 e. The van der Waals surface area contributed by atoms with E-state index in [-0.39, 0.29) is 0 Å². The van der Waals surface area contributed by atoms with E-state index in [1.807, 2.05) is 0 Å². The van der Waals surface area contributed by atoms with Gasteiger partial charge < -0.3 is 10.1 Å². The monoisotopic (exact) mass is 229 g/mol. The van der Waals surface area contributed by atoms with Crippen LogP contribution in [0.15, 0.2) is 30.5 Å². The molecule has 0 saturated heterocycles. The molecule has 1 aliphatic carbocycles. The highest BCUT2D eigenvalue weighted by molar-refractivity contribution is 5.82. The van der Waals surface area contributed by atoms with Gasteiger partial charge in [-0.25, -0.2) is 0 Å². The van der Waals surface area contributed by atoms with E-state index >= 15 is 0 Å². The van der Waals surface area contributed by atoms with E-state index in [0.29, 0.717) is 12.0 Å². The van der Waals surface area contributed by atoms with Gasteiger partial charge in [0.25, 0.3) is 0 Å². The van der Waals surface area contributed by atoms with Crippen LogP contribution in [0.25, 0.3) is 10.9 Å². The van der Waals surface area contributed by atoms with Crippen LogP contribution in [0.5, 0.6) is 0 Å². The van der Waals surface area contributed by atoms with Gasteiger partial charge in [0, 0.05) is 23.7 Å². The normalized spacial score (nSPS) is 17.5. The van der Waals surface area contributed by atoms with Crippen molar-refractivity contribution in [2.24, 2.45) is 5.41 Å². The molecule has 2 heteroatoms. The lowest BCUT2D eigenvalue weighted by molar-refractivity contribution is 0.201. The Bertz CT molecular complexity index is 510. The molecule has 0 amide bonds. The fourth-order valence-electron chi connectivity index (χ4n) is 2.66. The van der Waals surface area contributed by atoms with Crippen molar-refractivity contribution in [3.63, 3.8) is 0 Å². The van der Waals surface area contributed by atoms with E-state index in [2.05, 4.69) is 35.4 Å². The number of para-hydroxylation sites is 1. The second kappa shape index (κ2) is 4.19. The Kier molecular flexibility index (Phi) is 2.67. The molecule has 0 spiro atoms. The molecule has 1 aliphatic rings. The molecule has 1 heterocycles. The minimum Gasteiger partial charge on any atom is -0.396 e. The Morgan fingerprint density at radius 3 is 2.82 bits per heavy atom. The summed E-state index contributed by atoms with van der Waals surface area (Å²) in [6.45, 7) is 0.376. The number of benzene rings is 1. The van der Waals surface area contributed by atoms with E-state index in [1.54, 1.807) is 0 Å². The molecule has 1 aromatic heterocycles. The number of hydrogen-bond acceptors (Lipinski definition) is 1. The van der Waals surface area contributed by atoms with Crippen molar-refractivity contribution in [3.05, 3.63) is 36.0 Å². The standard InChI is InChI=1S/C15H19NO/c17-11-15(8-9-15)7-3-4-12-10-16-14-6-2-1-5-13(12)14/h1-2,5-6,10,16-17H,3-4,7-9,11H2. The number of nitrogens with one attached hydrogen (secondary N) is 1. The second-order valence-corrected chi connectivity index (χ2v) is 5.37. The van der Waals surface area contributed by atoms with Gasteiger partial charge in [0.05, 0.1) is 0 Å². The van der Waals surface area contributed by atoms with Crippen LogP contribution in [0.4, 0.5) is 0 Å². The van der Waals surface area contributed by atoms with Gasteiger partial charge in [-0.3, -0.25) is 0 Å². The number of hydrogen-bond donors (Lipinski definition) is 2. The maximum atomic E-state index is 9.28. The highest BCUT2D eigenvalue weighted by Gasteiger charge is 2.40. The van der Waals surface area contributed by atoms with Gasteiger partial charge in [-0.05, 0) is 49.1 Å². The van der Waals surface area contributed by atoms with Crippen LogP contribution >= 0.6 is 0 Å². The molecule has 2 N–H and O–H groups in total. The maximum Gasteiger partial charge on any atom is 0.0487 e. The van der Waals surface area contributed by atoms with E-state index in [1.165, 1.54) is 42.1 Å². The Labute approximate surface area is 102 Å². The predicted molar refractivity (Wildman–Crippen MR) is 70.0 cm³/mol. The van der Waals surface area contributed by atoms with E-state index in [4.69, 9.17) is 0 Å². The van der Waals surface area contributed by atoms with Crippen molar-refractivity contribution >= 4 is 10.9 Å². The summed E-state index contributed by atoms with van der Waals surface area (Å²) in [6.07, 6.45) is 8.04. The minimum atomic E-state index is 0.298. The van der Waals surface area contributed by atoms with E-state index in [9.17, 15) is 5.11 Å². The van der Waals surface area contributed by atoms with Crippen LogP contribution in [0.2, 0.25) is 0 Å². The third kappa shape index (κ3) is 2.09. The summed E-state index contributed by atoms with van der Waals surface area (Å²) in [5.74, 6) is 0. The van der Waals surface area contributed by atoms with Crippen molar-refractivity contribution in [3.8, 4) is 0 Å². The van der Waals surface area contributed by atoms with Crippen LogP contribution in [-0.2, 0) is 6.42 Å². The number of aromatic amines is 1. The molecule has 2 aromatic rings. The van der Waals surface area contributed by atoms with Crippen molar-refractivity contribution in [1.82, 2.24) is 4.98 Å². The van der Waals surface area contributed by atoms with Gasteiger partial charge >= 0.3 is 0 Å². The molecule has 0 unspecified atom stereocenters. The molecule has 1 aromatic carbocycles. The molecule has 1 saturated carbocycles. The van der Waals surface area contributed by atoms with Crippen molar-refractivity contribution in [2.75, 3.05) is 6.61 Å². The number of H-pyrrole nitrogens is 1.